The molecule has 4 heterocycles. The number of carbonyl (C=O) groups excluding carboxylic acids is 4. The first kappa shape index (κ1) is 38.6. The average molecular weight is 682 g/mol. The number of Topliss-reactive ketones (excluding diaryl/α,β-unsaturated/α-hetero) is 2. The lowest BCUT2D eigenvalue weighted by molar-refractivity contribution is -0.314. The van der Waals surface area contributed by atoms with Crippen molar-refractivity contribution in [2.75, 3.05) is 27.7 Å². The second-order valence-electron chi connectivity index (χ2n) is 15.8. The Labute approximate surface area is 285 Å². The van der Waals surface area contributed by atoms with Crippen molar-refractivity contribution in [3.63, 3.8) is 0 Å². The van der Waals surface area contributed by atoms with Crippen LogP contribution in [-0.2, 0) is 38.1 Å². The van der Waals surface area contributed by atoms with Gasteiger partial charge in [0.2, 0.25) is 0 Å². The van der Waals surface area contributed by atoms with E-state index in [1.807, 2.05) is 32.8 Å². The highest BCUT2D eigenvalue weighted by Gasteiger charge is 2.76. The molecular weight excluding hydrogens is 622 g/mol. The van der Waals surface area contributed by atoms with Crippen molar-refractivity contribution in [3.05, 3.63) is 0 Å². The summed E-state index contributed by atoms with van der Waals surface area (Å²) in [5.41, 5.74) is 0.131. The number of nitrogens with zero attached hydrogens (tertiary/aromatic N) is 2. The second-order valence-corrected chi connectivity index (χ2v) is 15.8. The van der Waals surface area contributed by atoms with Crippen LogP contribution in [0.5, 0.6) is 0 Å². The van der Waals surface area contributed by atoms with Crippen molar-refractivity contribution in [1.29, 1.82) is 0 Å². The lowest BCUT2D eigenvalue weighted by atomic mass is 9.54. The van der Waals surface area contributed by atoms with Gasteiger partial charge in [0, 0.05) is 30.9 Å². The van der Waals surface area contributed by atoms with Crippen LogP contribution in [0.1, 0.15) is 82.1 Å². The summed E-state index contributed by atoms with van der Waals surface area (Å²) >= 11 is 0. The van der Waals surface area contributed by atoms with Gasteiger partial charge in [-0.1, -0.05) is 34.6 Å². The highest BCUT2D eigenvalue weighted by atomic mass is 16.7. The molecule has 0 aromatic heterocycles. The fraction of sp³-hybridized carbons (Fsp3) is 0.886. The summed E-state index contributed by atoms with van der Waals surface area (Å²) in [6, 6.07) is -1.23. The van der Waals surface area contributed by atoms with Crippen molar-refractivity contribution in [3.8, 4) is 0 Å². The summed E-state index contributed by atoms with van der Waals surface area (Å²) in [6.07, 6.45) is -4.86. The van der Waals surface area contributed by atoms with Crippen LogP contribution in [-0.4, -0.2) is 126 Å². The van der Waals surface area contributed by atoms with Gasteiger partial charge in [-0.25, -0.2) is 4.79 Å². The van der Waals surface area contributed by atoms with Gasteiger partial charge in [0.25, 0.3) is 0 Å². The molecule has 0 saturated carbocycles. The molecule has 11 unspecified atom stereocenters. The maximum atomic E-state index is 14.6. The molecular formula is C35H59N3O10. The van der Waals surface area contributed by atoms with E-state index < -0.39 is 94.3 Å². The first-order valence-corrected chi connectivity index (χ1v) is 17.4. The predicted octanol–water partition coefficient (Wildman–Crippen LogP) is 2.54. The van der Waals surface area contributed by atoms with E-state index in [9.17, 15) is 24.3 Å². The molecule has 48 heavy (non-hydrogen) atoms. The Morgan fingerprint density at radius 1 is 1.06 bits per heavy atom. The topological polar surface area (TPSA) is 167 Å². The number of piperidine rings is 1. The molecule has 4 rings (SSSR count). The molecule has 0 spiro atoms. The van der Waals surface area contributed by atoms with E-state index >= 15 is 0 Å². The number of ether oxygens (including phenoxy) is 5. The van der Waals surface area contributed by atoms with Gasteiger partial charge in [-0.2, -0.15) is 0 Å². The zero-order valence-corrected chi connectivity index (χ0v) is 31.1. The number of hydrogen-bond donors (Lipinski definition) is 2. The molecule has 13 heteroatoms. The molecule has 0 aromatic carbocycles. The summed E-state index contributed by atoms with van der Waals surface area (Å²) in [7, 11) is 5.16. The smallest absolute Gasteiger partial charge is 0.411 e. The molecule has 1 amide bonds. The minimum Gasteiger partial charge on any atom is -0.457 e. The predicted molar refractivity (Wildman–Crippen MR) is 176 cm³/mol. The van der Waals surface area contributed by atoms with Gasteiger partial charge >= 0.3 is 12.1 Å². The van der Waals surface area contributed by atoms with E-state index in [1.54, 1.807) is 46.4 Å². The molecule has 3 N–H and O–H groups in total. The SMILES string of the molecule is CC[C@H]1OC(=O)C(C)(C)C(=O)[C@H](C)C(OC2OC(C)CC(N(C)C)C2O)C(C)(OC)C2(C(C)CN)[C@@H](C)C(=O)C(C)C3N2C(=O)OC31C. The molecule has 4 bridgehead atoms. The molecule has 4 aliphatic rings. The van der Waals surface area contributed by atoms with Crippen LogP contribution in [0.2, 0.25) is 0 Å². The van der Waals surface area contributed by atoms with Gasteiger partial charge in [-0.3, -0.25) is 19.3 Å². The number of carbonyl (C=O) groups is 4. The van der Waals surface area contributed by atoms with E-state index in [0.717, 1.165) is 0 Å². The van der Waals surface area contributed by atoms with Crippen LogP contribution in [0.3, 0.4) is 0 Å². The maximum absolute atomic E-state index is 14.6. The second kappa shape index (κ2) is 13.2. The number of rotatable bonds is 7. The van der Waals surface area contributed by atoms with Gasteiger partial charge in [0.05, 0.1) is 17.7 Å². The largest absolute Gasteiger partial charge is 0.457 e. The van der Waals surface area contributed by atoms with Crippen LogP contribution in [0, 0.1) is 29.1 Å². The zero-order valence-electron chi connectivity index (χ0n) is 31.1. The maximum Gasteiger partial charge on any atom is 0.411 e. The Balaban J connectivity index is 2.11. The quantitative estimate of drug-likeness (QED) is 0.298. The average Bonchev–Trinajstić information content (AvgIpc) is 3.31. The van der Waals surface area contributed by atoms with Crippen LogP contribution in [0.25, 0.3) is 0 Å². The van der Waals surface area contributed by atoms with Gasteiger partial charge in [-0.05, 0) is 74.0 Å². The van der Waals surface area contributed by atoms with E-state index in [4.69, 9.17) is 29.4 Å². The summed E-state index contributed by atoms with van der Waals surface area (Å²) in [4.78, 5) is 61.2. The number of nitrogens with two attached hydrogens (primary N) is 1. The van der Waals surface area contributed by atoms with E-state index in [2.05, 4.69) is 0 Å². The Morgan fingerprint density at radius 3 is 2.19 bits per heavy atom. The van der Waals surface area contributed by atoms with Gasteiger partial charge in [-0.15, -0.1) is 0 Å². The van der Waals surface area contributed by atoms with Gasteiger partial charge in [0.1, 0.15) is 35.1 Å². The summed E-state index contributed by atoms with van der Waals surface area (Å²) in [5, 5.41) is 11.6. The molecule has 13 nitrogen and oxygen atoms in total. The normalized spacial score (nSPS) is 45.7. The summed E-state index contributed by atoms with van der Waals surface area (Å²) in [5.74, 6) is -4.76. The number of ketones is 2. The van der Waals surface area contributed by atoms with Crippen molar-refractivity contribution in [1.82, 2.24) is 9.80 Å². The van der Waals surface area contributed by atoms with Crippen LogP contribution in [0.15, 0.2) is 0 Å². The number of amides is 1. The highest BCUT2D eigenvalue weighted by Crippen LogP contribution is 2.58. The third kappa shape index (κ3) is 5.33. The molecule has 4 aliphatic heterocycles. The number of hydrogen-bond acceptors (Lipinski definition) is 12. The Hall–Kier alpha value is -2.16. The Bertz CT molecular complexity index is 1280. The zero-order chi connectivity index (χ0) is 36.5. The number of likely N-dealkylation sites (N-methyl/N-ethyl adjacent to an activating group) is 1. The third-order valence-electron chi connectivity index (χ3n) is 12.5. The molecule has 0 aromatic rings. The van der Waals surface area contributed by atoms with Crippen molar-refractivity contribution in [2.24, 2.45) is 34.8 Å². The molecule has 14 atom stereocenters. The molecule has 0 radical (unpaired) electrons. The van der Waals surface area contributed by atoms with E-state index in [0.29, 0.717) is 6.42 Å². The number of methoxy groups -OCH3 is 1. The van der Waals surface area contributed by atoms with Gasteiger partial charge < -0.3 is 39.4 Å². The van der Waals surface area contributed by atoms with E-state index in [-0.39, 0.29) is 30.9 Å². The van der Waals surface area contributed by atoms with Crippen LogP contribution >= 0.6 is 0 Å². The highest BCUT2D eigenvalue weighted by molar-refractivity contribution is 6.04. The van der Waals surface area contributed by atoms with Crippen molar-refractivity contribution < 1.29 is 48.0 Å². The first-order chi connectivity index (χ1) is 22.1. The first-order valence-electron chi connectivity index (χ1n) is 17.4. The number of aliphatic hydroxyl groups is 1. The Morgan fingerprint density at radius 2 is 1.67 bits per heavy atom. The number of aliphatic hydroxyl groups excluding tert-OH is 1. The van der Waals surface area contributed by atoms with Crippen molar-refractivity contribution in [2.45, 2.75) is 142 Å². The van der Waals surface area contributed by atoms with E-state index in [1.165, 1.54) is 21.0 Å². The summed E-state index contributed by atoms with van der Waals surface area (Å²) in [6.45, 7) is 17.1. The molecule has 4 saturated heterocycles. The van der Waals surface area contributed by atoms with Crippen LogP contribution in [0.4, 0.5) is 4.79 Å². The fourth-order valence-corrected chi connectivity index (χ4v) is 9.72. The Kier molecular flexibility index (Phi) is 10.6. The fourth-order valence-electron chi connectivity index (χ4n) is 9.72. The van der Waals surface area contributed by atoms with Gasteiger partial charge in [0.15, 0.2) is 17.7 Å². The molecule has 0 aliphatic carbocycles. The number of cyclic esters (lactones) is 1. The lowest BCUT2D eigenvalue weighted by Gasteiger charge is -2.65. The standard InChI is InChI=1S/C35H59N3O10/c1-14-23-33(9)26-19(4)24(39)21(6)35(17(2)16-36,38(26)31(43)48-33)34(10,44-13)28(20(5)27(41)32(7,8)30(42)46-23)47-29-25(40)22(37(11)12)15-18(3)45-29/h17-23,25-26,28-29,40H,14-16,36H2,1-13H3/t17?,18?,19?,20-,21-,22?,23+,25?,26?,28?,29?,33?,34?,35?/m0/s1. The summed E-state index contributed by atoms with van der Waals surface area (Å²) < 4.78 is 31.9. The monoisotopic (exact) mass is 681 g/mol. The minimum absolute atomic E-state index is 0.0349. The molecule has 4 fully saturated rings. The lowest BCUT2D eigenvalue weighted by Crippen LogP contribution is -2.82. The third-order valence-corrected chi connectivity index (χ3v) is 12.5. The number of esters is 1. The van der Waals surface area contributed by atoms with Crippen LogP contribution < -0.4 is 5.73 Å². The minimum atomic E-state index is -1.67. The molecule has 274 valence electrons. The van der Waals surface area contributed by atoms with Crippen molar-refractivity contribution >= 4 is 23.6 Å².